The summed E-state index contributed by atoms with van der Waals surface area (Å²) in [5.41, 5.74) is 7.15. The van der Waals surface area contributed by atoms with E-state index in [0.717, 1.165) is 51.6 Å². The summed E-state index contributed by atoms with van der Waals surface area (Å²) in [7, 11) is 2.03. The number of allylic oxidation sites excluding steroid dienone is 1. The number of rotatable bonds is 18. The number of hydrogen-bond donors (Lipinski definition) is 1. The number of aromatic nitrogens is 3. The predicted octanol–water partition coefficient (Wildman–Crippen LogP) is 10.4. The van der Waals surface area contributed by atoms with Gasteiger partial charge in [0.05, 0.1) is 17.6 Å². The van der Waals surface area contributed by atoms with Crippen LogP contribution >= 0.6 is 0 Å². The van der Waals surface area contributed by atoms with Crippen LogP contribution in [-0.2, 0) is 18.4 Å². The molecule has 1 N–H and O–H groups in total. The first-order valence-electron chi connectivity index (χ1n) is 16.7. The van der Waals surface area contributed by atoms with Crippen LogP contribution < -0.4 is 10.2 Å². The summed E-state index contributed by atoms with van der Waals surface area (Å²) in [6.07, 6.45) is 13.6. The third-order valence-electron chi connectivity index (χ3n) is 8.01. The van der Waals surface area contributed by atoms with Gasteiger partial charge < -0.3 is 14.8 Å². The van der Waals surface area contributed by atoms with Gasteiger partial charge in [0.15, 0.2) is 0 Å². The molecular formula is C40H53N5O. The summed E-state index contributed by atoms with van der Waals surface area (Å²) in [6.45, 7) is 19.6. The minimum Gasteiger partial charge on any atom is -0.378 e. The fraction of sp³-hybridized carbons (Fsp3) is 0.375. The quantitative estimate of drug-likeness (QED) is 0.0887. The lowest BCUT2D eigenvalue weighted by molar-refractivity contribution is -0.118. The summed E-state index contributed by atoms with van der Waals surface area (Å²) in [6, 6.07) is 20.1. The summed E-state index contributed by atoms with van der Waals surface area (Å²) in [5, 5.41) is 3.45. The number of pyridine rings is 1. The number of nitrogens with one attached hydrogen (secondary N) is 1. The van der Waals surface area contributed by atoms with Gasteiger partial charge in [-0.3, -0.25) is 4.79 Å². The van der Waals surface area contributed by atoms with Crippen molar-refractivity contribution in [2.45, 2.75) is 85.1 Å². The number of Topliss-reactive ketones (excluding diaryl/α,β-unsaturated/α-hetero) is 1. The molecule has 0 aliphatic rings. The standard InChI is InChI=1S/C30H33N5O.C10H20/c1-5-9-26(36)17-19-35(29-10-7-8-18-31-29)22(3)24-13-16-28-27(20-24)33-30(34(28)4)21-32-25-14-11-23(6-2)12-15-25;1-4-5-6-7-8-9-10(2)3/h6-8,10-16,18,20,32H,2-3,5,9,17,19,21H2,1,4H3;2,4-9H2,1,3H3. The molecule has 0 unspecified atom stereocenters. The van der Waals surface area contributed by atoms with Gasteiger partial charge >= 0.3 is 0 Å². The Balaban J connectivity index is 0.000000498. The molecule has 0 spiro atoms. The number of ketones is 1. The summed E-state index contributed by atoms with van der Waals surface area (Å²) in [4.78, 5) is 23.7. The first-order chi connectivity index (χ1) is 22.3. The lowest BCUT2D eigenvalue weighted by Gasteiger charge is -2.26. The molecule has 2 aromatic carbocycles. The van der Waals surface area contributed by atoms with Crippen LogP contribution in [0.2, 0.25) is 0 Å². The van der Waals surface area contributed by atoms with Crippen molar-refractivity contribution >= 4 is 40.1 Å². The maximum Gasteiger partial charge on any atom is 0.134 e. The predicted molar refractivity (Wildman–Crippen MR) is 198 cm³/mol. The molecule has 0 amide bonds. The molecule has 6 heteroatoms. The fourth-order valence-electron chi connectivity index (χ4n) is 5.23. The monoisotopic (exact) mass is 619 g/mol. The Morgan fingerprint density at radius 2 is 1.70 bits per heavy atom. The van der Waals surface area contributed by atoms with Crippen LogP contribution in [0, 0.1) is 0 Å². The van der Waals surface area contributed by atoms with E-state index in [4.69, 9.17) is 4.98 Å². The molecular weight excluding hydrogens is 566 g/mol. The zero-order chi connectivity index (χ0) is 33.3. The first kappa shape index (κ1) is 36.0. The minimum atomic E-state index is 0.252. The minimum absolute atomic E-state index is 0.252. The normalized spacial score (nSPS) is 10.6. The molecule has 244 valence electrons. The van der Waals surface area contributed by atoms with Crippen molar-refractivity contribution in [2.75, 3.05) is 16.8 Å². The third-order valence-corrected chi connectivity index (χ3v) is 8.01. The van der Waals surface area contributed by atoms with E-state index < -0.39 is 0 Å². The molecule has 0 saturated carbocycles. The average molecular weight is 620 g/mol. The Labute approximate surface area is 277 Å². The SMILES string of the molecule is C=C(C)CCCCCCC.C=Cc1ccc(NCc2nc3cc(C(=C)N(CCC(=O)CCC)c4ccccn4)ccc3n2C)cc1. The molecule has 46 heavy (non-hydrogen) atoms. The van der Waals surface area contributed by atoms with Crippen molar-refractivity contribution in [1.29, 1.82) is 0 Å². The summed E-state index contributed by atoms with van der Waals surface area (Å²) in [5.74, 6) is 1.97. The van der Waals surface area contributed by atoms with E-state index in [1.54, 1.807) is 6.20 Å². The van der Waals surface area contributed by atoms with Crippen LogP contribution in [0.3, 0.4) is 0 Å². The molecule has 0 bridgehead atoms. The van der Waals surface area contributed by atoms with Crippen molar-refractivity contribution in [3.8, 4) is 0 Å². The molecule has 0 fully saturated rings. The molecule has 0 aliphatic carbocycles. The molecule has 0 atom stereocenters. The average Bonchev–Trinajstić information content (AvgIpc) is 3.39. The largest absolute Gasteiger partial charge is 0.378 e. The van der Waals surface area contributed by atoms with E-state index >= 15 is 0 Å². The highest BCUT2D eigenvalue weighted by Crippen LogP contribution is 2.27. The molecule has 4 rings (SSSR count). The number of carbonyl (C=O) groups is 1. The van der Waals surface area contributed by atoms with E-state index in [2.05, 4.69) is 66.7 Å². The van der Waals surface area contributed by atoms with Crippen LogP contribution in [0.25, 0.3) is 22.8 Å². The van der Waals surface area contributed by atoms with Gasteiger partial charge in [0.2, 0.25) is 0 Å². The second-order valence-electron chi connectivity index (χ2n) is 11.9. The summed E-state index contributed by atoms with van der Waals surface area (Å²) >= 11 is 0. The topological polar surface area (TPSA) is 63.1 Å². The van der Waals surface area contributed by atoms with Gasteiger partial charge in [-0.05, 0) is 73.7 Å². The summed E-state index contributed by atoms with van der Waals surface area (Å²) < 4.78 is 2.10. The third kappa shape index (κ3) is 11.2. The maximum absolute atomic E-state index is 12.2. The van der Waals surface area contributed by atoms with Gasteiger partial charge in [-0.25, -0.2) is 9.97 Å². The van der Waals surface area contributed by atoms with Gasteiger partial charge in [0.25, 0.3) is 0 Å². The lowest BCUT2D eigenvalue weighted by atomic mass is 10.1. The Hall–Kier alpha value is -4.45. The Morgan fingerprint density at radius 1 is 0.935 bits per heavy atom. The molecule has 2 aromatic heterocycles. The van der Waals surface area contributed by atoms with Crippen molar-refractivity contribution < 1.29 is 4.79 Å². The lowest BCUT2D eigenvalue weighted by Crippen LogP contribution is -2.25. The number of anilines is 2. The van der Waals surface area contributed by atoms with Crippen LogP contribution in [-0.4, -0.2) is 26.9 Å². The number of nitrogens with zero attached hydrogens (tertiary/aromatic N) is 4. The number of imidazole rings is 1. The Kier molecular flexibility index (Phi) is 15.0. The number of fused-ring (bicyclic) bond motifs is 1. The van der Waals surface area contributed by atoms with E-state index in [9.17, 15) is 4.79 Å². The Morgan fingerprint density at radius 3 is 2.35 bits per heavy atom. The van der Waals surface area contributed by atoms with Crippen molar-refractivity contribution in [3.63, 3.8) is 0 Å². The van der Waals surface area contributed by atoms with Gasteiger partial charge in [-0.15, -0.1) is 6.58 Å². The molecule has 0 aliphatic heterocycles. The van der Waals surface area contributed by atoms with Gasteiger partial charge in [0, 0.05) is 44.0 Å². The van der Waals surface area contributed by atoms with E-state index in [-0.39, 0.29) is 5.78 Å². The second-order valence-corrected chi connectivity index (χ2v) is 11.9. The van der Waals surface area contributed by atoms with Crippen LogP contribution in [0.1, 0.15) is 95.5 Å². The van der Waals surface area contributed by atoms with Crippen molar-refractivity contribution in [1.82, 2.24) is 14.5 Å². The number of aryl methyl sites for hydroxylation is 1. The van der Waals surface area contributed by atoms with Gasteiger partial charge in [-0.2, -0.15) is 0 Å². The van der Waals surface area contributed by atoms with Gasteiger partial charge in [0.1, 0.15) is 17.4 Å². The number of benzene rings is 2. The van der Waals surface area contributed by atoms with Crippen molar-refractivity contribution in [3.05, 3.63) is 109 Å². The highest BCUT2D eigenvalue weighted by Gasteiger charge is 2.17. The Bertz CT molecular complexity index is 1550. The van der Waals surface area contributed by atoms with Crippen LogP contribution in [0.5, 0.6) is 0 Å². The van der Waals surface area contributed by atoms with Crippen molar-refractivity contribution in [2.24, 2.45) is 7.05 Å². The molecule has 0 radical (unpaired) electrons. The molecule has 6 nitrogen and oxygen atoms in total. The highest BCUT2D eigenvalue weighted by atomic mass is 16.1. The molecule has 0 saturated heterocycles. The number of carbonyl (C=O) groups excluding carboxylic acids is 1. The first-order valence-corrected chi connectivity index (χ1v) is 16.7. The van der Waals surface area contributed by atoms with Crippen LogP contribution in [0.4, 0.5) is 11.5 Å². The second kappa shape index (κ2) is 19.2. The van der Waals surface area contributed by atoms with Gasteiger partial charge in [-0.1, -0.05) is 88.6 Å². The molecule has 2 heterocycles. The smallest absolute Gasteiger partial charge is 0.134 e. The van der Waals surface area contributed by atoms with E-state index in [0.29, 0.717) is 25.9 Å². The number of hydrogen-bond acceptors (Lipinski definition) is 5. The van der Waals surface area contributed by atoms with Crippen LogP contribution in [0.15, 0.2) is 92.2 Å². The zero-order valence-corrected chi connectivity index (χ0v) is 28.5. The fourth-order valence-corrected chi connectivity index (χ4v) is 5.23. The molecule has 4 aromatic rings. The van der Waals surface area contributed by atoms with E-state index in [1.807, 2.05) is 67.4 Å². The highest BCUT2D eigenvalue weighted by molar-refractivity contribution is 5.86. The van der Waals surface area contributed by atoms with E-state index in [1.165, 1.54) is 44.1 Å². The number of unbranched alkanes of at least 4 members (excludes halogenated alkanes) is 4. The zero-order valence-electron chi connectivity index (χ0n) is 28.5. The maximum atomic E-state index is 12.2.